The van der Waals surface area contributed by atoms with Gasteiger partial charge in [0, 0.05) is 72.2 Å². The topological polar surface area (TPSA) is 81.6 Å². The summed E-state index contributed by atoms with van der Waals surface area (Å²) in [4.78, 5) is 22.1. The molecule has 2 N–H and O–H groups in total. The lowest BCUT2D eigenvalue weighted by Crippen LogP contribution is -2.52. The van der Waals surface area contributed by atoms with Crippen molar-refractivity contribution >= 4 is 33.1 Å². The third kappa shape index (κ3) is 4.28. The van der Waals surface area contributed by atoms with Crippen LogP contribution in [-0.4, -0.2) is 61.1 Å². The van der Waals surface area contributed by atoms with Gasteiger partial charge < -0.3 is 14.6 Å². The summed E-state index contributed by atoms with van der Waals surface area (Å²) >= 11 is 1.81. The third-order valence-electron chi connectivity index (χ3n) is 7.67. The first kappa shape index (κ1) is 22.5. The number of piperidine rings is 1. The van der Waals surface area contributed by atoms with Crippen molar-refractivity contribution in [2.24, 2.45) is 0 Å². The normalized spacial score (nSPS) is 18.4. The highest BCUT2D eigenvalue weighted by atomic mass is 32.1. The van der Waals surface area contributed by atoms with Crippen molar-refractivity contribution in [3.8, 4) is 11.3 Å². The molecule has 37 heavy (non-hydrogen) atoms. The summed E-state index contributed by atoms with van der Waals surface area (Å²) in [5.41, 5.74) is 6.46. The molecule has 1 atom stereocenters. The van der Waals surface area contributed by atoms with E-state index in [0.717, 1.165) is 67.1 Å². The third-order valence-corrected chi connectivity index (χ3v) is 8.68. The first-order chi connectivity index (χ1) is 18.2. The van der Waals surface area contributed by atoms with Gasteiger partial charge in [0.1, 0.15) is 5.65 Å². The fourth-order valence-corrected chi connectivity index (χ4v) is 6.70. The Morgan fingerprint density at radius 1 is 1.19 bits per heavy atom. The van der Waals surface area contributed by atoms with E-state index in [1.54, 1.807) is 6.20 Å². The zero-order valence-corrected chi connectivity index (χ0v) is 21.4. The van der Waals surface area contributed by atoms with Gasteiger partial charge in [-0.25, -0.2) is 9.78 Å². The molecule has 188 valence electrons. The lowest BCUT2D eigenvalue weighted by molar-refractivity contribution is 0.160. The Balaban J connectivity index is 1.02. The predicted molar refractivity (Wildman–Crippen MR) is 146 cm³/mol. The number of aromatic nitrogens is 4. The van der Waals surface area contributed by atoms with Gasteiger partial charge in [-0.1, -0.05) is 18.2 Å². The SMILES string of the molecule is O=C(N[C@@H]1CCCN(Cc2csc3ccccc23)C1)N1CCc2[nH]nc(-c3ccc4nccn4c3)c2C1. The van der Waals surface area contributed by atoms with Crippen LogP contribution in [0.3, 0.4) is 0 Å². The van der Waals surface area contributed by atoms with Crippen molar-refractivity contribution in [2.75, 3.05) is 19.6 Å². The van der Waals surface area contributed by atoms with Crippen LogP contribution < -0.4 is 5.32 Å². The van der Waals surface area contributed by atoms with Gasteiger partial charge in [0.15, 0.2) is 0 Å². The molecule has 0 spiro atoms. The molecular weight excluding hydrogens is 482 g/mol. The number of thiophene rings is 1. The Morgan fingerprint density at radius 2 is 2.14 bits per heavy atom. The van der Waals surface area contributed by atoms with E-state index >= 15 is 0 Å². The molecule has 2 aliphatic heterocycles. The predicted octanol–water partition coefficient (Wildman–Crippen LogP) is 4.67. The average Bonchev–Trinajstić information content (AvgIpc) is 3.67. The molecule has 0 bridgehead atoms. The number of hydrogen-bond acceptors (Lipinski definition) is 5. The first-order valence-electron chi connectivity index (χ1n) is 12.9. The molecule has 9 heteroatoms. The maximum Gasteiger partial charge on any atom is 0.317 e. The van der Waals surface area contributed by atoms with Gasteiger partial charge in [-0.15, -0.1) is 11.3 Å². The molecule has 8 nitrogen and oxygen atoms in total. The molecule has 2 amide bonds. The molecule has 0 saturated carbocycles. The van der Waals surface area contributed by atoms with Crippen LogP contribution in [0.2, 0.25) is 0 Å². The Morgan fingerprint density at radius 3 is 3.11 bits per heavy atom. The number of benzene rings is 1. The minimum atomic E-state index is 0.0238. The van der Waals surface area contributed by atoms with E-state index in [9.17, 15) is 4.79 Å². The molecule has 6 heterocycles. The summed E-state index contributed by atoms with van der Waals surface area (Å²) in [7, 11) is 0. The molecule has 1 saturated heterocycles. The van der Waals surface area contributed by atoms with E-state index in [1.807, 2.05) is 45.2 Å². The van der Waals surface area contributed by atoms with Crippen LogP contribution in [-0.2, 0) is 19.5 Å². The smallest absolute Gasteiger partial charge is 0.317 e. The van der Waals surface area contributed by atoms with Gasteiger partial charge in [-0.05, 0) is 53.9 Å². The molecule has 7 rings (SSSR count). The lowest BCUT2D eigenvalue weighted by Gasteiger charge is -2.35. The monoisotopic (exact) mass is 511 g/mol. The molecular formula is C28H29N7OS. The van der Waals surface area contributed by atoms with Gasteiger partial charge in [0.25, 0.3) is 0 Å². The fraction of sp³-hybridized carbons (Fsp3) is 0.321. The van der Waals surface area contributed by atoms with Crippen molar-refractivity contribution < 1.29 is 4.79 Å². The van der Waals surface area contributed by atoms with E-state index in [0.29, 0.717) is 13.1 Å². The van der Waals surface area contributed by atoms with E-state index in [-0.39, 0.29) is 12.1 Å². The van der Waals surface area contributed by atoms with Gasteiger partial charge in [-0.2, -0.15) is 5.10 Å². The molecule has 5 aromatic rings. The number of urea groups is 1. The zero-order valence-electron chi connectivity index (χ0n) is 20.6. The maximum atomic E-state index is 13.3. The summed E-state index contributed by atoms with van der Waals surface area (Å²) in [6.07, 6.45) is 8.68. The Labute approximate surface area is 218 Å². The number of nitrogens with one attached hydrogen (secondary N) is 2. The number of hydrogen-bond donors (Lipinski definition) is 2. The quantitative estimate of drug-likeness (QED) is 0.367. The van der Waals surface area contributed by atoms with Gasteiger partial charge in [0.05, 0.1) is 12.2 Å². The summed E-state index contributed by atoms with van der Waals surface area (Å²) in [6, 6.07) is 12.9. The van der Waals surface area contributed by atoms with Crippen LogP contribution in [0.4, 0.5) is 4.79 Å². The number of amides is 2. The molecule has 1 fully saturated rings. The number of nitrogens with zero attached hydrogens (tertiary/aromatic N) is 5. The van der Waals surface area contributed by atoms with E-state index in [2.05, 4.69) is 55.0 Å². The molecule has 0 aliphatic carbocycles. The second-order valence-corrected chi connectivity index (χ2v) is 11.0. The standard InChI is InChI=1S/C28H29N7OS/c36-28(30-21-4-3-11-33(16-21)14-20-18-37-25-6-2-1-5-22(20)25)35-12-9-24-23(17-35)27(32-31-24)19-7-8-26-29-10-13-34(26)15-19/h1-2,5-8,10,13,15,18,21H,3-4,9,11-12,14,16-17H2,(H,30,36)(H,31,32)/t21-/m1/s1. The van der Waals surface area contributed by atoms with Crippen LogP contribution in [0.5, 0.6) is 0 Å². The number of carbonyl (C=O) groups is 1. The highest BCUT2D eigenvalue weighted by Crippen LogP contribution is 2.30. The lowest BCUT2D eigenvalue weighted by atomic mass is 10.0. The minimum absolute atomic E-state index is 0.0238. The summed E-state index contributed by atoms with van der Waals surface area (Å²) < 4.78 is 3.34. The second kappa shape index (κ2) is 9.32. The summed E-state index contributed by atoms with van der Waals surface area (Å²) in [5.74, 6) is 0. The van der Waals surface area contributed by atoms with Crippen LogP contribution in [0, 0.1) is 0 Å². The number of carbonyl (C=O) groups excluding carboxylic acids is 1. The second-order valence-electron chi connectivity index (χ2n) is 10.1. The van der Waals surface area contributed by atoms with E-state index in [4.69, 9.17) is 0 Å². The van der Waals surface area contributed by atoms with Crippen molar-refractivity contribution in [2.45, 2.75) is 38.4 Å². The number of rotatable bonds is 4. The van der Waals surface area contributed by atoms with Crippen LogP contribution in [0.25, 0.3) is 27.0 Å². The molecule has 2 aliphatic rings. The number of pyridine rings is 1. The van der Waals surface area contributed by atoms with Gasteiger partial charge in [-0.3, -0.25) is 10.00 Å². The van der Waals surface area contributed by atoms with Gasteiger partial charge >= 0.3 is 6.03 Å². The van der Waals surface area contributed by atoms with Crippen molar-refractivity contribution in [1.29, 1.82) is 0 Å². The van der Waals surface area contributed by atoms with Gasteiger partial charge in [0.2, 0.25) is 0 Å². The highest BCUT2D eigenvalue weighted by molar-refractivity contribution is 7.17. The van der Waals surface area contributed by atoms with Crippen LogP contribution >= 0.6 is 11.3 Å². The minimum Gasteiger partial charge on any atom is -0.334 e. The number of aromatic amines is 1. The first-order valence-corrected chi connectivity index (χ1v) is 13.8. The number of likely N-dealkylation sites (tertiary alicyclic amines) is 1. The Hall–Kier alpha value is -3.69. The summed E-state index contributed by atoms with van der Waals surface area (Å²) in [5, 5.41) is 14.8. The van der Waals surface area contributed by atoms with Crippen LogP contribution in [0.1, 0.15) is 29.7 Å². The van der Waals surface area contributed by atoms with E-state index in [1.165, 1.54) is 15.6 Å². The Kier molecular flexibility index (Phi) is 5.67. The van der Waals surface area contributed by atoms with Crippen LogP contribution in [0.15, 0.2) is 60.4 Å². The zero-order chi connectivity index (χ0) is 24.8. The van der Waals surface area contributed by atoms with E-state index < -0.39 is 0 Å². The van der Waals surface area contributed by atoms with Crippen molar-refractivity contribution in [3.63, 3.8) is 0 Å². The largest absolute Gasteiger partial charge is 0.334 e. The Bertz CT molecular complexity index is 1580. The molecule has 1 aromatic carbocycles. The van der Waals surface area contributed by atoms with Crippen molar-refractivity contribution in [1.82, 2.24) is 34.7 Å². The average molecular weight is 512 g/mol. The maximum absolute atomic E-state index is 13.3. The number of imidazole rings is 1. The number of fused-ring (bicyclic) bond motifs is 3. The fourth-order valence-electron chi connectivity index (χ4n) is 5.75. The summed E-state index contributed by atoms with van der Waals surface area (Å²) in [6.45, 7) is 4.15. The molecule has 0 unspecified atom stereocenters. The van der Waals surface area contributed by atoms with Crippen molar-refractivity contribution in [3.05, 3.63) is 77.2 Å². The number of H-pyrrole nitrogens is 1. The highest BCUT2D eigenvalue weighted by Gasteiger charge is 2.28. The molecule has 4 aromatic heterocycles. The molecule has 0 radical (unpaired) electrons.